The maximum atomic E-state index is 12.8. The molecule has 6 heteroatoms. The molecule has 340 valence electrons. The molecule has 0 amide bonds. The van der Waals surface area contributed by atoms with Crippen LogP contribution in [0, 0.1) is 0 Å². The van der Waals surface area contributed by atoms with Gasteiger partial charge in [-0.25, -0.2) is 0 Å². The lowest BCUT2D eigenvalue weighted by atomic mass is 10.1. The van der Waals surface area contributed by atoms with Crippen LogP contribution in [-0.4, -0.2) is 37.2 Å². The number of ether oxygens (including phenoxy) is 3. The van der Waals surface area contributed by atoms with Crippen LogP contribution in [0.4, 0.5) is 0 Å². The Morgan fingerprint density at radius 2 is 0.661 bits per heavy atom. The Balaban J connectivity index is 4.41. The van der Waals surface area contributed by atoms with Crippen molar-refractivity contribution in [2.75, 3.05) is 13.2 Å². The Labute approximate surface area is 364 Å². The largest absolute Gasteiger partial charge is 0.462 e. The van der Waals surface area contributed by atoms with Crippen LogP contribution in [0.15, 0.2) is 60.8 Å². The number of carbonyl (C=O) groups is 3. The van der Waals surface area contributed by atoms with Gasteiger partial charge in [-0.05, 0) is 64.2 Å². The number of esters is 3. The van der Waals surface area contributed by atoms with Crippen molar-refractivity contribution in [2.45, 2.75) is 245 Å². The second-order valence-electron chi connectivity index (χ2n) is 16.4. The highest BCUT2D eigenvalue weighted by Gasteiger charge is 2.19. The van der Waals surface area contributed by atoms with Gasteiger partial charge < -0.3 is 14.2 Å². The summed E-state index contributed by atoms with van der Waals surface area (Å²) in [5.74, 6) is -0.926. The van der Waals surface area contributed by atoms with Crippen molar-refractivity contribution in [1.82, 2.24) is 0 Å². The third-order valence-corrected chi connectivity index (χ3v) is 10.6. The molecule has 0 bridgehead atoms. The fourth-order valence-corrected chi connectivity index (χ4v) is 6.84. The molecule has 6 nitrogen and oxygen atoms in total. The number of hydrogen-bond donors (Lipinski definition) is 0. The van der Waals surface area contributed by atoms with E-state index in [9.17, 15) is 14.4 Å². The van der Waals surface area contributed by atoms with E-state index in [-0.39, 0.29) is 31.1 Å². The summed E-state index contributed by atoms with van der Waals surface area (Å²) in [7, 11) is 0. The third kappa shape index (κ3) is 46.0. The van der Waals surface area contributed by atoms with Crippen molar-refractivity contribution in [3.8, 4) is 0 Å². The van der Waals surface area contributed by atoms with E-state index in [2.05, 4.69) is 81.5 Å². The Morgan fingerprint density at radius 1 is 0.356 bits per heavy atom. The van der Waals surface area contributed by atoms with Crippen LogP contribution in [0.1, 0.15) is 239 Å². The summed E-state index contributed by atoms with van der Waals surface area (Å²) in [6.45, 7) is 6.46. The highest BCUT2D eigenvalue weighted by Crippen LogP contribution is 2.14. The topological polar surface area (TPSA) is 78.9 Å². The molecule has 0 fully saturated rings. The first kappa shape index (κ1) is 56.1. The van der Waals surface area contributed by atoms with E-state index >= 15 is 0 Å². The van der Waals surface area contributed by atoms with E-state index < -0.39 is 6.10 Å². The van der Waals surface area contributed by atoms with Gasteiger partial charge in [0, 0.05) is 19.3 Å². The van der Waals surface area contributed by atoms with Crippen molar-refractivity contribution in [3.63, 3.8) is 0 Å². The normalized spacial score (nSPS) is 12.5. The van der Waals surface area contributed by atoms with Crippen molar-refractivity contribution in [3.05, 3.63) is 60.8 Å². The molecule has 0 spiro atoms. The standard InChI is InChI=1S/C53H92O6/c1-4-7-10-13-16-19-22-24-26-28-29-31-34-37-40-43-46-52(55)58-49-50(48-57-51(54)45-42-39-36-33-21-18-15-12-9-6-3)59-53(56)47-44-41-38-35-32-30-27-25-23-20-17-14-11-8-5-2/h8,11,14,17,20,23,26,28-29,31,50H,4-7,9-10,12-13,15-16,18-19,21-22,24-25,27,30,32-49H2,1-3H3/b11-8-,17-14-,23-20-,28-26-,31-29-. The zero-order chi connectivity index (χ0) is 43.0. The van der Waals surface area contributed by atoms with Gasteiger partial charge in [0.1, 0.15) is 13.2 Å². The SMILES string of the molecule is CC\C=C/C=C\C=C/CCCCCCCCCC(=O)OC(COC(=O)CCCCC/C=C\C=C/CCCCCCCCC)COC(=O)CCCCCCCCCCCC. The van der Waals surface area contributed by atoms with Crippen molar-refractivity contribution < 1.29 is 28.6 Å². The van der Waals surface area contributed by atoms with E-state index in [1.54, 1.807) is 0 Å². The molecule has 0 N–H and O–H groups in total. The molecular formula is C53H92O6. The van der Waals surface area contributed by atoms with E-state index in [0.29, 0.717) is 19.3 Å². The van der Waals surface area contributed by atoms with Crippen molar-refractivity contribution in [2.24, 2.45) is 0 Å². The maximum absolute atomic E-state index is 12.8. The van der Waals surface area contributed by atoms with Crippen LogP contribution in [0.25, 0.3) is 0 Å². The highest BCUT2D eigenvalue weighted by molar-refractivity contribution is 5.71. The smallest absolute Gasteiger partial charge is 0.306 e. The van der Waals surface area contributed by atoms with Crippen LogP contribution in [0.3, 0.4) is 0 Å². The molecular weight excluding hydrogens is 733 g/mol. The summed E-state index contributed by atoms with van der Waals surface area (Å²) in [5, 5.41) is 0. The molecule has 0 heterocycles. The second kappa shape index (κ2) is 47.8. The van der Waals surface area contributed by atoms with Crippen LogP contribution < -0.4 is 0 Å². The van der Waals surface area contributed by atoms with Crippen LogP contribution in [-0.2, 0) is 28.6 Å². The molecule has 59 heavy (non-hydrogen) atoms. The third-order valence-electron chi connectivity index (χ3n) is 10.6. The Bertz CT molecular complexity index is 1090. The lowest BCUT2D eigenvalue weighted by Crippen LogP contribution is -2.30. The molecule has 0 aromatic heterocycles. The molecule has 0 aliphatic rings. The lowest BCUT2D eigenvalue weighted by Gasteiger charge is -2.18. The van der Waals surface area contributed by atoms with E-state index in [1.165, 1.54) is 116 Å². The van der Waals surface area contributed by atoms with Crippen LogP contribution in [0.5, 0.6) is 0 Å². The van der Waals surface area contributed by atoms with Gasteiger partial charge in [0.05, 0.1) is 0 Å². The second-order valence-corrected chi connectivity index (χ2v) is 16.4. The summed E-state index contributed by atoms with van der Waals surface area (Å²) in [6.07, 6.45) is 57.7. The summed E-state index contributed by atoms with van der Waals surface area (Å²) in [6, 6.07) is 0. The van der Waals surface area contributed by atoms with Crippen LogP contribution >= 0.6 is 0 Å². The van der Waals surface area contributed by atoms with Gasteiger partial charge >= 0.3 is 17.9 Å². The predicted octanol–water partition coefficient (Wildman–Crippen LogP) is 16.1. The minimum Gasteiger partial charge on any atom is -0.462 e. The number of rotatable bonds is 44. The Hall–Kier alpha value is -2.89. The van der Waals surface area contributed by atoms with Gasteiger partial charge in [-0.2, -0.15) is 0 Å². The minimum atomic E-state index is -0.788. The van der Waals surface area contributed by atoms with Gasteiger partial charge in [0.25, 0.3) is 0 Å². The average Bonchev–Trinajstić information content (AvgIpc) is 3.23. The quantitative estimate of drug-likeness (QED) is 0.0263. The van der Waals surface area contributed by atoms with Gasteiger partial charge in [0.15, 0.2) is 6.10 Å². The van der Waals surface area contributed by atoms with Gasteiger partial charge in [0.2, 0.25) is 0 Å². The number of hydrogen-bond acceptors (Lipinski definition) is 6. The van der Waals surface area contributed by atoms with E-state index in [4.69, 9.17) is 14.2 Å². The summed E-state index contributed by atoms with van der Waals surface area (Å²) < 4.78 is 16.7. The summed E-state index contributed by atoms with van der Waals surface area (Å²) >= 11 is 0. The first-order chi connectivity index (χ1) is 29.0. The molecule has 0 rings (SSSR count). The fourth-order valence-electron chi connectivity index (χ4n) is 6.84. The first-order valence-corrected chi connectivity index (χ1v) is 24.8. The average molecular weight is 825 g/mol. The number of unbranched alkanes of at least 4 members (excludes halogenated alkanes) is 26. The monoisotopic (exact) mass is 825 g/mol. The molecule has 1 atom stereocenters. The lowest BCUT2D eigenvalue weighted by molar-refractivity contribution is -0.167. The minimum absolute atomic E-state index is 0.0865. The van der Waals surface area contributed by atoms with Gasteiger partial charge in [-0.3, -0.25) is 14.4 Å². The molecule has 1 unspecified atom stereocenters. The number of carbonyl (C=O) groups excluding carboxylic acids is 3. The molecule has 0 aliphatic carbocycles. The fraction of sp³-hybridized carbons (Fsp3) is 0.755. The van der Waals surface area contributed by atoms with E-state index in [0.717, 1.165) is 83.5 Å². The molecule has 0 aromatic carbocycles. The molecule has 0 saturated heterocycles. The van der Waals surface area contributed by atoms with Crippen LogP contribution in [0.2, 0.25) is 0 Å². The molecule has 0 aromatic rings. The van der Waals surface area contributed by atoms with Gasteiger partial charge in [-0.1, -0.05) is 216 Å². The summed E-state index contributed by atoms with van der Waals surface area (Å²) in [4.78, 5) is 37.8. The first-order valence-electron chi connectivity index (χ1n) is 24.8. The molecule has 0 saturated carbocycles. The predicted molar refractivity (Wildman–Crippen MR) is 251 cm³/mol. The Morgan fingerprint density at radius 3 is 1.05 bits per heavy atom. The highest BCUT2D eigenvalue weighted by atomic mass is 16.6. The van der Waals surface area contributed by atoms with E-state index in [1.807, 2.05) is 0 Å². The summed E-state index contributed by atoms with van der Waals surface area (Å²) in [5.41, 5.74) is 0. The zero-order valence-electron chi connectivity index (χ0n) is 38.8. The Kier molecular flexibility index (Phi) is 45.4. The number of allylic oxidation sites excluding steroid dienone is 10. The molecule has 0 aliphatic heterocycles. The molecule has 0 radical (unpaired) electrons. The zero-order valence-corrected chi connectivity index (χ0v) is 38.8. The van der Waals surface area contributed by atoms with Gasteiger partial charge in [-0.15, -0.1) is 0 Å². The maximum Gasteiger partial charge on any atom is 0.306 e. The van der Waals surface area contributed by atoms with Crippen molar-refractivity contribution >= 4 is 17.9 Å². The van der Waals surface area contributed by atoms with Crippen molar-refractivity contribution in [1.29, 1.82) is 0 Å².